The van der Waals surface area contributed by atoms with Gasteiger partial charge in [-0.1, -0.05) is 35.5 Å². The van der Waals surface area contributed by atoms with E-state index in [1.807, 2.05) is 42.5 Å². The number of amides is 1. The van der Waals surface area contributed by atoms with Crippen molar-refractivity contribution in [3.8, 4) is 11.4 Å². The van der Waals surface area contributed by atoms with Crippen LogP contribution < -0.4 is 5.32 Å². The predicted molar refractivity (Wildman–Crippen MR) is 98.0 cm³/mol. The summed E-state index contributed by atoms with van der Waals surface area (Å²) in [5.41, 5.74) is 0.909. The number of ether oxygens (including phenoxy) is 1. The lowest BCUT2D eigenvalue weighted by Crippen LogP contribution is -2.24. The molecule has 1 aliphatic heterocycles. The monoisotopic (exact) mass is 369 g/mol. The van der Waals surface area contributed by atoms with Gasteiger partial charge in [-0.25, -0.2) is 0 Å². The number of hydrogen-bond acceptors (Lipinski definition) is 6. The first-order valence-corrected chi connectivity index (χ1v) is 9.49. The zero-order valence-corrected chi connectivity index (χ0v) is 15.0. The summed E-state index contributed by atoms with van der Waals surface area (Å²) < 4.78 is 10.9. The van der Waals surface area contributed by atoms with Gasteiger partial charge in [0.05, 0.1) is 11.0 Å². The Hall–Kier alpha value is -2.51. The number of nitrogens with one attached hydrogen (secondary N) is 1. The molecule has 0 saturated carbocycles. The van der Waals surface area contributed by atoms with E-state index in [4.69, 9.17) is 9.26 Å². The molecule has 4 rings (SSSR count). The minimum atomic E-state index is -0.0814. The van der Waals surface area contributed by atoms with Gasteiger partial charge in [0.1, 0.15) is 0 Å². The Bertz CT molecular complexity index is 869. The average molecular weight is 369 g/mol. The minimum Gasteiger partial charge on any atom is -0.373 e. The number of benzene rings is 1. The van der Waals surface area contributed by atoms with Crippen LogP contribution in [0.4, 0.5) is 0 Å². The van der Waals surface area contributed by atoms with Crippen molar-refractivity contribution in [1.82, 2.24) is 15.5 Å². The van der Waals surface area contributed by atoms with E-state index in [0.717, 1.165) is 29.9 Å². The molecule has 0 bridgehead atoms. The number of carbonyl (C=O) groups is 1. The van der Waals surface area contributed by atoms with E-state index >= 15 is 0 Å². The highest BCUT2D eigenvalue weighted by atomic mass is 32.1. The molecule has 3 aromatic rings. The van der Waals surface area contributed by atoms with E-state index in [-0.39, 0.29) is 12.0 Å². The van der Waals surface area contributed by atoms with Crippen LogP contribution in [0.25, 0.3) is 11.4 Å². The maximum absolute atomic E-state index is 12.3. The van der Waals surface area contributed by atoms with Gasteiger partial charge < -0.3 is 14.6 Å². The van der Waals surface area contributed by atoms with Gasteiger partial charge in [-0.2, -0.15) is 4.98 Å². The molecule has 1 atom stereocenters. The van der Waals surface area contributed by atoms with E-state index in [2.05, 4.69) is 15.5 Å². The second kappa shape index (κ2) is 7.80. The molecule has 1 amide bonds. The van der Waals surface area contributed by atoms with Crippen LogP contribution in [0.2, 0.25) is 0 Å². The van der Waals surface area contributed by atoms with E-state index in [9.17, 15) is 4.79 Å². The zero-order chi connectivity index (χ0) is 17.8. The van der Waals surface area contributed by atoms with Crippen LogP contribution in [0.5, 0.6) is 0 Å². The van der Waals surface area contributed by atoms with Gasteiger partial charge in [-0.3, -0.25) is 4.79 Å². The SMILES string of the molecule is O=C(NCCc1nc(-c2ccccc2)no1)c1ccc(C2CCCO2)s1. The highest BCUT2D eigenvalue weighted by molar-refractivity contribution is 7.14. The van der Waals surface area contributed by atoms with Crippen molar-refractivity contribution in [2.45, 2.75) is 25.4 Å². The number of rotatable bonds is 6. The molecule has 26 heavy (non-hydrogen) atoms. The fourth-order valence-electron chi connectivity index (χ4n) is 2.88. The summed E-state index contributed by atoms with van der Waals surface area (Å²) in [7, 11) is 0. The van der Waals surface area contributed by atoms with Gasteiger partial charge in [0.15, 0.2) is 0 Å². The molecule has 1 saturated heterocycles. The van der Waals surface area contributed by atoms with Crippen molar-refractivity contribution < 1.29 is 14.1 Å². The van der Waals surface area contributed by atoms with Crippen LogP contribution in [-0.2, 0) is 11.2 Å². The lowest BCUT2D eigenvalue weighted by Gasteiger charge is -2.05. The summed E-state index contributed by atoms with van der Waals surface area (Å²) in [5.74, 6) is 0.990. The highest BCUT2D eigenvalue weighted by Gasteiger charge is 2.20. The minimum absolute atomic E-state index is 0.0814. The predicted octanol–water partition coefficient (Wildman–Crippen LogP) is 3.62. The van der Waals surface area contributed by atoms with Gasteiger partial charge in [0.25, 0.3) is 5.91 Å². The number of hydrogen-bond donors (Lipinski definition) is 1. The summed E-state index contributed by atoms with van der Waals surface area (Å²) >= 11 is 1.50. The van der Waals surface area contributed by atoms with Gasteiger partial charge >= 0.3 is 0 Å². The van der Waals surface area contributed by atoms with Crippen LogP contribution in [0.1, 0.15) is 39.4 Å². The van der Waals surface area contributed by atoms with Crippen LogP contribution in [0.3, 0.4) is 0 Å². The van der Waals surface area contributed by atoms with Crippen molar-refractivity contribution in [1.29, 1.82) is 0 Å². The van der Waals surface area contributed by atoms with Crippen molar-refractivity contribution in [2.75, 3.05) is 13.2 Å². The molecule has 1 fully saturated rings. The Morgan fingerprint density at radius 2 is 2.12 bits per heavy atom. The molecule has 0 radical (unpaired) electrons. The van der Waals surface area contributed by atoms with Gasteiger partial charge in [0.2, 0.25) is 11.7 Å². The molecule has 1 unspecified atom stereocenters. The van der Waals surface area contributed by atoms with E-state index < -0.39 is 0 Å². The smallest absolute Gasteiger partial charge is 0.261 e. The maximum atomic E-state index is 12.3. The quantitative estimate of drug-likeness (QED) is 0.718. The van der Waals surface area contributed by atoms with E-state index in [0.29, 0.717) is 29.6 Å². The molecule has 3 heterocycles. The Morgan fingerprint density at radius 3 is 2.92 bits per heavy atom. The van der Waals surface area contributed by atoms with Crippen molar-refractivity contribution >= 4 is 17.2 Å². The molecule has 6 nitrogen and oxygen atoms in total. The number of thiophene rings is 1. The van der Waals surface area contributed by atoms with Crippen LogP contribution in [-0.4, -0.2) is 29.2 Å². The van der Waals surface area contributed by atoms with Crippen molar-refractivity contribution in [3.63, 3.8) is 0 Å². The molecule has 0 spiro atoms. The molecule has 1 aliphatic rings. The standard InChI is InChI=1S/C19H19N3O3S/c23-19(16-9-8-15(26-16)14-7-4-12-24-14)20-11-10-17-21-18(22-25-17)13-5-2-1-3-6-13/h1-3,5-6,8-9,14H,4,7,10-12H2,(H,20,23). The van der Waals surface area contributed by atoms with Crippen LogP contribution in [0.15, 0.2) is 47.0 Å². The van der Waals surface area contributed by atoms with Crippen molar-refractivity contribution in [2.24, 2.45) is 0 Å². The summed E-state index contributed by atoms with van der Waals surface area (Å²) in [6.07, 6.45) is 2.76. The third kappa shape index (κ3) is 3.84. The normalized spacial score (nSPS) is 16.7. The molecule has 0 aliphatic carbocycles. The lowest BCUT2D eigenvalue weighted by atomic mass is 10.2. The van der Waals surface area contributed by atoms with Crippen LogP contribution >= 0.6 is 11.3 Å². The fourth-order valence-corrected chi connectivity index (χ4v) is 3.89. The van der Waals surface area contributed by atoms with E-state index in [1.54, 1.807) is 0 Å². The first-order chi connectivity index (χ1) is 12.8. The summed E-state index contributed by atoms with van der Waals surface area (Å²) in [5, 5.41) is 6.88. The Morgan fingerprint density at radius 1 is 1.23 bits per heavy atom. The summed E-state index contributed by atoms with van der Waals surface area (Å²) in [4.78, 5) is 18.5. The molecule has 7 heteroatoms. The number of carbonyl (C=O) groups excluding carboxylic acids is 1. The Labute approximate surface area is 155 Å². The Balaban J connectivity index is 1.29. The third-order valence-electron chi connectivity index (χ3n) is 4.22. The zero-order valence-electron chi connectivity index (χ0n) is 14.2. The lowest BCUT2D eigenvalue weighted by molar-refractivity contribution is 0.0957. The molecular formula is C19H19N3O3S. The van der Waals surface area contributed by atoms with E-state index in [1.165, 1.54) is 11.3 Å². The Kier molecular flexibility index (Phi) is 5.08. The highest BCUT2D eigenvalue weighted by Crippen LogP contribution is 2.33. The number of nitrogens with zero attached hydrogens (tertiary/aromatic N) is 2. The molecule has 1 N–H and O–H groups in total. The number of aromatic nitrogens is 2. The first kappa shape index (κ1) is 16.9. The summed E-state index contributed by atoms with van der Waals surface area (Å²) in [6.45, 7) is 1.25. The topological polar surface area (TPSA) is 77.3 Å². The fraction of sp³-hybridized carbons (Fsp3) is 0.316. The molecule has 1 aromatic carbocycles. The van der Waals surface area contributed by atoms with Crippen LogP contribution in [0, 0.1) is 0 Å². The first-order valence-electron chi connectivity index (χ1n) is 8.67. The summed E-state index contributed by atoms with van der Waals surface area (Å²) in [6, 6.07) is 13.5. The molecular weight excluding hydrogens is 350 g/mol. The van der Waals surface area contributed by atoms with Crippen molar-refractivity contribution in [3.05, 3.63) is 58.1 Å². The largest absolute Gasteiger partial charge is 0.373 e. The van der Waals surface area contributed by atoms with Gasteiger partial charge in [0, 0.05) is 30.0 Å². The molecule has 2 aromatic heterocycles. The second-order valence-electron chi connectivity index (χ2n) is 6.09. The molecule has 134 valence electrons. The maximum Gasteiger partial charge on any atom is 0.261 e. The van der Waals surface area contributed by atoms with Gasteiger partial charge in [-0.05, 0) is 25.0 Å². The van der Waals surface area contributed by atoms with Gasteiger partial charge in [-0.15, -0.1) is 11.3 Å². The third-order valence-corrected chi connectivity index (χ3v) is 5.40. The average Bonchev–Trinajstić information content (AvgIpc) is 3.42. The second-order valence-corrected chi connectivity index (χ2v) is 7.20.